The first-order valence-electron chi connectivity index (χ1n) is 6.47. The molecule has 1 aromatic rings. The van der Waals surface area contributed by atoms with Crippen molar-refractivity contribution in [1.82, 2.24) is 0 Å². The third-order valence-electron chi connectivity index (χ3n) is 3.06. The number of halogens is 1. The van der Waals surface area contributed by atoms with Crippen molar-refractivity contribution in [3.05, 3.63) is 35.4 Å². The van der Waals surface area contributed by atoms with Gasteiger partial charge in [-0.25, -0.2) is 0 Å². The van der Waals surface area contributed by atoms with Crippen molar-refractivity contribution < 1.29 is 9.47 Å². The molecule has 0 saturated heterocycles. The Morgan fingerprint density at radius 3 is 2.61 bits per heavy atom. The highest BCUT2D eigenvalue weighted by atomic mass is 35.5. The van der Waals surface area contributed by atoms with Crippen LogP contribution in [0.25, 0.3) is 0 Å². The van der Waals surface area contributed by atoms with Crippen molar-refractivity contribution in [3.63, 3.8) is 0 Å². The summed E-state index contributed by atoms with van der Waals surface area (Å²) in [5, 5.41) is 0. The molecule has 1 unspecified atom stereocenters. The molecule has 1 aromatic carbocycles. The summed E-state index contributed by atoms with van der Waals surface area (Å²) in [6.45, 7) is 4.41. The Morgan fingerprint density at radius 1 is 1.17 bits per heavy atom. The van der Waals surface area contributed by atoms with Crippen LogP contribution >= 0.6 is 11.6 Å². The molecular formula is C15H23ClO2. The number of benzene rings is 1. The minimum atomic E-state index is 0.385. The second-order valence-corrected chi connectivity index (χ2v) is 4.76. The summed E-state index contributed by atoms with van der Waals surface area (Å²) in [6, 6.07) is 8.42. The number of aryl methyl sites for hydroxylation is 1. The fourth-order valence-electron chi connectivity index (χ4n) is 1.99. The molecule has 0 spiro atoms. The smallest absolute Gasteiger partial charge is 0.0487 e. The first-order valence-corrected chi connectivity index (χ1v) is 7.01. The van der Waals surface area contributed by atoms with Crippen LogP contribution in [0.1, 0.15) is 29.9 Å². The van der Waals surface area contributed by atoms with E-state index in [1.54, 1.807) is 7.11 Å². The van der Waals surface area contributed by atoms with Crippen molar-refractivity contribution >= 4 is 11.6 Å². The third-order valence-corrected chi connectivity index (χ3v) is 3.43. The Bertz CT molecular complexity index is 328. The molecule has 18 heavy (non-hydrogen) atoms. The van der Waals surface area contributed by atoms with E-state index in [9.17, 15) is 0 Å². The molecule has 0 aliphatic heterocycles. The van der Waals surface area contributed by atoms with Gasteiger partial charge in [0.15, 0.2) is 0 Å². The Morgan fingerprint density at radius 2 is 1.94 bits per heavy atom. The molecule has 0 radical (unpaired) electrons. The number of ether oxygens (including phenoxy) is 2. The van der Waals surface area contributed by atoms with Crippen LogP contribution in [0.2, 0.25) is 0 Å². The third kappa shape index (κ3) is 5.38. The van der Waals surface area contributed by atoms with E-state index in [1.807, 2.05) is 0 Å². The molecule has 0 bridgehead atoms. The van der Waals surface area contributed by atoms with Crippen LogP contribution in [0.15, 0.2) is 24.3 Å². The first-order chi connectivity index (χ1) is 8.79. The molecule has 0 aromatic heterocycles. The molecule has 0 fully saturated rings. The van der Waals surface area contributed by atoms with Crippen LogP contribution in [-0.4, -0.2) is 32.8 Å². The highest BCUT2D eigenvalue weighted by Gasteiger charge is 2.12. The fraction of sp³-hybridized carbons (Fsp3) is 0.600. The molecule has 1 atom stereocenters. The fourth-order valence-corrected chi connectivity index (χ4v) is 2.31. The van der Waals surface area contributed by atoms with Gasteiger partial charge in [-0.05, 0) is 36.8 Å². The molecule has 0 amide bonds. The van der Waals surface area contributed by atoms with Crippen molar-refractivity contribution in [2.45, 2.75) is 25.7 Å². The lowest BCUT2D eigenvalue weighted by Crippen LogP contribution is -2.08. The lowest BCUT2D eigenvalue weighted by atomic mass is 9.94. The number of rotatable bonds is 9. The van der Waals surface area contributed by atoms with Crippen LogP contribution in [0.4, 0.5) is 0 Å². The van der Waals surface area contributed by atoms with Gasteiger partial charge in [0, 0.05) is 32.8 Å². The zero-order chi connectivity index (χ0) is 13.2. The summed E-state index contributed by atoms with van der Waals surface area (Å²) in [5.74, 6) is 1.03. The Labute approximate surface area is 115 Å². The Kier molecular flexibility index (Phi) is 8.06. The van der Waals surface area contributed by atoms with Crippen molar-refractivity contribution in [1.29, 1.82) is 0 Å². The topological polar surface area (TPSA) is 18.5 Å². The van der Waals surface area contributed by atoms with Gasteiger partial charge in [0.1, 0.15) is 0 Å². The lowest BCUT2D eigenvalue weighted by Gasteiger charge is -2.16. The lowest BCUT2D eigenvalue weighted by molar-refractivity contribution is 0.0989. The first kappa shape index (κ1) is 15.5. The minimum absolute atomic E-state index is 0.385. The summed E-state index contributed by atoms with van der Waals surface area (Å²) >= 11 is 6.06. The van der Waals surface area contributed by atoms with Gasteiger partial charge in [-0.2, -0.15) is 0 Å². The maximum Gasteiger partial charge on any atom is 0.0487 e. The van der Waals surface area contributed by atoms with Crippen LogP contribution < -0.4 is 0 Å². The predicted octanol–water partition coefficient (Wildman–Crippen LogP) is 3.76. The van der Waals surface area contributed by atoms with Gasteiger partial charge in [-0.3, -0.25) is 0 Å². The van der Waals surface area contributed by atoms with Gasteiger partial charge in [0.2, 0.25) is 0 Å². The zero-order valence-corrected chi connectivity index (χ0v) is 12.1. The van der Waals surface area contributed by atoms with Crippen LogP contribution in [-0.2, 0) is 9.47 Å². The summed E-state index contributed by atoms with van der Waals surface area (Å²) < 4.78 is 10.6. The van der Waals surface area contributed by atoms with Crippen molar-refractivity contribution in [3.8, 4) is 0 Å². The monoisotopic (exact) mass is 270 g/mol. The molecule has 1 rings (SSSR count). The molecule has 3 heteroatoms. The minimum Gasteiger partial charge on any atom is -0.385 e. The van der Waals surface area contributed by atoms with Crippen molar-refractivity contribution in [2.24, 2.45) is 0 Å². The SMILES string of the molecule is COCCCOCCC(CCl)c1ccccc1C. The molecule has 0 N–H and O–H groups in total. The van der Waals surface area contributed by atoms with Gasteiger partial charge in [-0.1, -0.05) is 24.3 Å². The molecule has 0 aliphatic rings. The highest BCUT2D eigenvalue weighted by Crippen LogP contribution is 2.24. The van der Waals surface area contributed by atoms with Crippen LogP contribution in [0, 0.1) is 6.92 Å². The van der Waals surface area contributed by atoms with E-state index in [-0.39, 0.29) is 0 Å². The second kappa shape index (κ2) is 9.37. The highest BCUT2D eigenvalue weighted by molar-refractivity contribution is 6.18. The summed E-state index contributed by atoms with van der Waals surface area (Å²) in [5.41, 5.74) is 2.65. The molecule has 0 saturated carbocycles. The van der Waals surface area contributed by atoms with E-state index in [0.29, 0.717) is 11.8 Å². The largest absolute Gasteiger partial charge is 0.385 e. The summed E-state index contributed by atoms with van der Waals surface area (Å²) in [6.07, 6.45) is 1.92. The van der Waals surface area contributed by atoms with Gasteiger partial charge in [0.05, 0.1) is 0 Å². The van der Waals surface area contributed by atoms with E-state index >= 15 is 0 Å². The standard InChI is InChI=1S/C15H23ClO2/c1-13-6-3-4-7-15(13)14(12-16)8-11-18-10-5-9-17-2/h3-4,6-7,14H,5,8-12H2,1-2H3. The molecular weight excluding hydrogens is 248 g/mol. The van der Waals surface area contributed by atoms with Crippen LogP contribution in [0.3, 0.4) is 0 Å². The van der Waals surface area contributed by atoms with E-state index in [0.717, 1.165) is 32.7 Å². The van der Waals surface area contributed by atoms with Gasteiger partial charge in [0.25, 0.3) is 0 Å². The second-order valence-electron chi connectivity index (χ2n) is 4.46. The normalized spacial score (nSPS) is 12.6. The van der Waals surface area contributed by atoms with E-state index in [2.05, 4.69) is 31.2 Å². The average Bonchev–Trinajstić information content (AvgIpc) is 2.39. The van der Waals surface area contributed by atoms with Gasteiger partial charge >= 0.3 is 0 Å². The zero-order valence-electron chi connectivity index (χ0n) is 11.3. The number of hydrogen-bond donors (Lipinski definition) is 0. The molecule has 0 heterocycles. The number of hydrogen-bond acceptors (Lipinski definition) is 2. The van der Waals surface area contributed by atoms with Gasteiger partial charge < -0.3 is 9.47 Å². The predicted molar refractivity (Wildman–Crippen MR) is 76.6 cm³/mol. The van der Waals surface area contributed by atoms with E-state index < -0.39 is 0 Å². The molecule has 102 valence electrons. The van der Waals surface area contributed by atoms with Crippen LogP contribution in [0.5, 0.6) is 0 Å². The maximum absolute atomic E-state index is 6.06. The summed E-state index contributed by atoms with van der Waals surface area (Å²) in [4.78, 5) is 0. The number of methoxy groups -OCH3 is 1. The maximum atomic E-state index is 6.06. The molecule has 2 nitrogen and oxygen atoms in total. The summed E-state index contributed by atoms with van der Waals surface area (Å²) in [7, 11) is 1.71. The Hall–Kier alpha value is -0.570. The van der Waals surface area contributed by atoms with E-state index in [1.165, 1.54) is 11.1 Å². The average molecular weight is 271 g/mol. The Balaban J connectivity index is 2.32. The van der Waals surface area contributed by atoms with Gasteiger partial charge in [-0.15, -0.1) is 11.6 Å². The van der Waals surface area contributed by atoms with E-state index in [4.69, 9.17) is 21.1 Å². The molecule has 0 aliphatic carbocycles. The number of alkyl halides is 1. The van der Waals surface area contributed by atoms with Crippen molar-refractivity contribution in [2.75, 3.05) is 32.8 Å². The quantitative estimate of drug-likeness (QED) is 0.502.